The molecule has 0 aromatic heterocycles. The molecule has 0 amide bonds. The third-order valence-electron chi connectivity index (χ3n) is 2.20. The first-order valence-electron chi connectivity index (χ1n) is 5.80. The summed E-state index contributed by atoms with van der Waals surface area (Å²) in [6, 6.07) is 3.50. The zero-order valence-electron chi connectivity index (χ0n) is 11.3. The number of carbonyl (C=O) groups is 3. The molecule has 0 fully saturated rings. The molecular formula is C13H15NO6. The number of ether oxygens (including phenoxy) is 2. The highest BCUT2D eigenvalue weighted by molar-refractivity contribution is 5.78. The highest BCUT2D eigenvalue weighted by atomic mass is 16.6. The van der Waals surface area contributed by atoms with E-state index in [1.165, 1.54) is 39.0 Å². The molecule has 0 aliphatic heterocycles. The van der Waals surface area contributed by atoms with Gasteiger partial charge in [-0.2, -0.15) is 0 Å². The molecular weight excluding hydrogens is 266 g/mol. The summed E-state index contributed by atoms with van der Waals surface area (Å²) in [5, 5.41) is 11.5. The van der Waals surface area contributed by atoms with Gasteiger partial charge in [0.05, 0.1) is 0 Å². The predicted molar refractivity (Wildman–Crippen MR) is 69.8 cm³/mol. The lowest BCUT2D eigenvalue weighted by Crippen LogP contribution is -2.25. The minimum atomic E-state index is -1.02. The largest absolute Gasteiger partial charge is 0.480 e. The van der Waals surface area contributed by atoms with Crippen LogP contribution in [0.5, 0.6) is 11.5 Å². The van der Waals surface area contributed by atoms with Gasteiger partial charge in [0.2, 0.25) is 0 Å². The summed E-state index contributed by atoms with van der Waals surface area (Å²) < 4.78 is 9.82. The maximum Gasteiger partial charge on any atom is 0.325 e. The van der Waals surface area contributed by atoms with Crippen LogP contribution in [-0.4, -0.2) is 29.1 Å². The Hall–Kier alpha value is -2.57. The van der Waals surface area contributed by atoms with Gasteiger partial charge in [0.25, 0.3) is 0 Å². The van der Waals surface area contributed by atoms with Crippen molar-refractivity contribution in [1.82, 2.24) is 0 Å². The lowest BCUT2D eigenvalue weighted by molar-refractivity contribution is -0.137. The van der Waals surface area contributed by atoms with E-state index in [1.807, 2.05) is 0 Å². The summed E-state index contributed by atoms with van der Waals surface area (Å²) in [6.07, 6.45) is 0. The zero-order valence-corrected chi connectivity index (χ0v) is 11.3. The Morgan fingerprint density at radius 2 is 1.65 bits per heavy atom. The Morgan fingerprint density at radius 1 is 1.10 bits per heavy atom. The highest BCUT2D eigenvalue weighted by Gasteiger charge is 2.14. The van der Waals surface area contributed by atoms with Crippen LogP contribution in [0.15, 0.2) is 18.2 Å². The van der Waals surface area contributed by atoms with Crippen molar-refractivity contribution in [2.45, 2.75) is 26.8 Å². The summed E-state index contributed by atoms with van der Waals surface area (Å²) in [4.78, 5) is 32.7. The lowest BCUT2D eigenvalue weighted by Gasteiger charge is -2.14. The van der Waals surface area contributed by atoms with Gasteiger partial charge in [0, 0.05) is 25.6 Å². The maximum absolute atomic E-state index is 11.0. The Bertz CT molecular complexity index is 540. The quantitative estimate of drug-likeness (QED) is 0.621. The average molecular weight is 281 g/mol. The molecule has 1 aromatic rings. The van der Waals surface area contributed by atoms with E-state index in [2.05, 4.69) is 5.32 Å². The van der Waals surface area contributed by atoms with Crippen LogP contribution in [-0.2, 0) is 14.4 Å². The number of nitrogens with one attached hydrogen (secondary N) is 1. The van der Waals surface area contributed by atoms with E-state index in [9.17, 15) is 14.4 Å². The molecule has 1 rings (SSSR count). The molecule has 7 nitrogen and oxygen atoms in total. The van der Waals surface area contributed by atoms with E-state index in [1.54, 1.807) is 0 Å². The first-order valence-corrected chi connectivity index (χ1v) is 5.80. The van der Waals surface area contributed by atoms with Gasteiger partial charge < -0.3 is 19.9 Å². The first kappa shape index (κ1) is 15.5. The lowest BCUT2D eigenvalue weighted by atomic mass is 10.2. The van der Waals surface area contributed by atoms with Crippen LogP contribution in [0, 0.1) is 0 Å². The summed E-state index contributed by atoms with van der Waals surface area (Å²) in [7, 11) is 0. The third kappa shape index (κ3) is 4.60. The van der Waals surface area contributed by atoms with Crippen molar-refractivity contribution in [3.05, 3.63) is 18.2 Å². The van der Waals surface area contributed by atoms with Gasteiger partial charge >= 0.3 is 17.9 Å². The minimum absolute atomic E-state index is 0.0373. The minimum Gasteiger partial charge on any atom is -0.480 e. The van der Waals surface area contributed by atoms with Crippen LogP contribution in [0.1, 0.15) is 20.8 Å². The monoisotopic (exact) mass is 281 g/mol. The van der Waals surface area contributed by atoms with Crippen LogP contribution in [0.4, 0.5) is 5.69 Å². The number of benzene rings is 1. The van der Waals surface area contributed by atoms with Gasteiger partial charge in [-0.05, 0) is 19.1 Å². The molecule has 0 radical (unpaired) electrons. The van der Waals surface area contributed by atoms with E-state index in [0.717, 1.165) is 0 Å². The molecule has 0 saturated heterocycles. The van der Waals surface area contributed by atoms with E-state index >= 15 is 0 Å². The maximum atomic E-state index is 11.0. The number of carboxylic acid groups (broad SMARTS) is 1. The third-order valence-corrected chi connectivity index (χ3v) is 2.20. The number of rotatable bonds is 5. The van der Waals surface area contributed by atoms with Crippen molar-refractivity contribution >= 4 is 23.6 Å². The topological polar surface area (TPSA) is 102 Å². The van der Waals surface area contributed by atoms with Crippen molar-refractivity contribution in [1.29, 1.82) is 0 Å². The molecule has 0 aliphatic carbocycles. The van der Waals surface area contributed by atoms with Crippen LogP contribution >= 0.6 is 0 Å². The molecule has 20 heavy (non-hydrogen) atoms. The molecule has 0 heterocycles. The summed E-state index contributed by atoms with van der Waals surface area (Å²) >= 11 is 0. The van der Waals surface area contributed by atoms with Gasteiger partial charge in [-0.15, -0.1) is 0 Å². The van der Waals surface area contributed by atoms with Gasteiger partial charge in [-0.3, -0.25) is 14.4 Å². The average Bonchev–Trinajstić information content (AvgIpc) is 2.31. The number of aliphatic carboxylic acids is 1. The molecule has 1 atom stereocenters. The number of carbonyl (C=O) groups excluding carboxylic acids is 2. The van der Waals surface area contributed by atoms with Crippen LogP contribution in [0.3, 0.4) is 0 Å². The van der Waals surface area contributed by atoms with Crippen molar-refractivity contribution in [2.75, 3.05) is 5.32 Å². The molecule has 7 heteroatoms. The van der Waals surface area contributed by atoms with Crippen LogP contribution < -0.4 is 14.8 Å². The number of esters is 2. The molecule has 108 valence electrons. The van der Waals surface area contributed by atoms with Gasteiger partial charge in [-0.1, -0.05) is 0 Å². The van der Waals surface area contributed by atoms with E-state index in [0.29, 0.717) is 5.69 Å². The normalized spacial score (nSPS) is 11.3. The molecule has 2 N–H and O–H groups in total. The van der Waals surface area contributed by atoms with Crippen molar-refractivity contribution in [2.24, 2.45) is 0 Å². The van der Waals surface area contributed by atoms with E-state index < -0.39 is 23.9 Å². The summed E-state index contributed by atoms with van der Waals surface area (Å²) in [5.74, 6) is -2.04. The molecule has 0 saturated carbocycles. The Kier molecular flexibility index (Phi) is 5.08. The molecule has 0 bridgehead atoms. The number of hydrogen-bond donors (Lipinski definition) is 2. The standard InChI is InChI=1S/C13H15NO6/c1-7(13(17)18)14-10-4-5-11(19-8(2)15)12(6-10)20-9(3)16/h4-7,14H,1-3H3,(H,17,18)/t7-/m0/s1. The molecule has 0 unspecified atom stereocenters. The zero-order chi connectivity index (χ0) is 15.3. The van der Waals surface area contributed by atoms with Crippen LogP contribution in [0.2, 0.25) is 0 Å². The van der Waals surface area contributed by atoms with Crippen molar-refractivity contribution in [3.63, 3.8) is 0 Å². The van der Waals surface area contributed by atoms with E-state index in [4.69, 9.17) is 14.6 Å². The second-order valence-corrected chi connectivity index (χ2v) is 4.05. The van der Waals surface area contributed by atoms with Gasteiger partial charge in [0.1, 0.15) is 6.04 Å². The molecule has 1 aromatic carbocycles. The van der Waals surface area contributed by atoms with Crippen molar-refractivity contribution < 1.29 is 29.0 Å². The van der Waals surface area contributed by atoms with E-state index in [-0.39, 0.29) is 11.5 Å². The Balaban J connectivity index is 3.03. The van der Waals surface area contributed by atoms with Crippen molar-refractivity contribution in [3.8, 4) is 11.5 Å². The number of hydrogen-bond acceptors (Lipinski definition) is 6. The Morgan fingerprint density at radius 3 is 2.15 bits per heavy atom. The second-order valence-electron chi connectivity index (χ2n) is 4.05. The summed E-state index contributed by atoms with van der Waals surface area (Å²) in [6.45, 7) is 3.89. The highest BCUT2D eigenvalue weighted by Crippen LogP contribution is 2.31. The fourth-order valence-corrected chi connectivity index (χ4v) is 1.38. The fourth-order valence-electron chi connectivity index (χ4n) is 1.38. The first-order chi connectivity index (χ1) is 9.29. The smallest absolute Gasteiger partial charge is 0.325 e. The fraction of sp³-hybridized carbons (Fsp3) is 0.308. The predicted octanol–water partition coefficient (Wildman–Crippen LogP) is 1.42. The van der Waals surface area contributed by atoms with Crippen LogP contribution in [0.25, 0.3) is 0 Å². The SMILES string of the molecule is CC(=O)Oc1ccc(N[C@@H](C)C(=O)O)cc1OC(C)=O. The molecule has 0 spiro atoms. The number of anilines is 1. The number of carboxylic acids is 1. The van der Waals surface area contributed by atoms with Gasteiger partial charge in [-0.25, -0.2) is 0 Å². The Labute approximate surface area is 115 Å². The molecule has 0 aliphatic rings. The van der Waals surface area contributed by atoms with Gasteiger partial charge in [0.15, 0.2) is 11.5 Å². The summed E-state index contributed by atoms with van der Waals surface area (Å²) in [5.41, 5.74) is 0.423. The second kappa shape index (κ2) is 6.55.